The summed E-state index contributed by atoms with van der Waals surface area (Å²) < 4.78 is 29.5. The fourth-order valence-corrected chi connectivity index (χ4v) is 3.78. The lowest BCUT2D eigenvalue weighted by atomic mass is 10.2. The van der Waals surface area contributed by atoms with E-state index in [4.69, 9.17) is 4.74 Å². The lowest BCUT2D eigenvalue weighted by Crippen LogP contribution is -2.34. The maximum atomic E-state index is 12.0. The smallest absolute Gasteiger partial charge is 0.236 e. The topological polar surface area (TPSA) is 9.23 Å². The normalized spacial score (nSPS) is 27.5. The molecule has 12 heavy (non-hydrogen) atoms. The van der Waals surface area contributed by atoms with Gasteiger partial charge in [-0.2, -0.15) is 0 Å². The van der Waals surface area contributed by atoms with E-state index in [0.717, 1.165) is 25.9 Å². The molecule has 0 aliphatic carbocycles. The Morgan fingerprint density at radius 3 is 2.75 bits per heavy atom. The molecule has 0 amide bonds. The Morgan fingerprint density at radius 2 is 2.25 bits per heavy atom. The fourth-order valence-electron chi connectivity index (χ4n) is 1.65. The molecule has 1 fully saturated rings. The molecule has 1 saturated heterocycles. The van der Waals surface area contributed by atoms with E-state index in [2.05, 4.69) is 0 Å². The van der Waals surface area contributed by atoms with Crippen molar-refractivity contribution in [3.05, 3.63) is 0 Å². The average molecular weight is 194 g/mol. The first-order chi connectivity index (χ1) is 5.70. The van der Waals surface area contributed by atoms with E-state index in [1.807, 2.05) is 6.55 Å². The molecule has 0 spiro atoms. The third-order valence-corrected chi connectivity index (χ3v) is 5.29. The van der Waals surface area contributed by atoms with Crippen LogP contribution in [-0.4, -0.2) is 27.6 Å². The summed E-state index contributed by atoms with van der Waals surface area (Å²) >= 11 is 0. The molecule has 1 rings (SSSR count). The zero-order valence-corrected chi connectivity index (χ0v) is 8.59. The summed E-state index contributed by atoms with van der Waals surface area (Å²) in [4.78, 5) is 0. The second kappa shape index (κ2) is 4.92. The second-order valence-corrected chi connectivity index (χ2v) is 6.68. The molecule has 1 nitrogen and oxygen atoms in total. The standard InChI is InChI=1S/C8H16F2OSi/c1-12(6-7(9)10)8-4-2-3-5-11-8/h7-8,12H,2-6H2,1H3. The minimum absolute atomic E-state index is 0.116. The first-order valence-corrected chi connectivity index (χ1v) is 7.23. The van der Waals surface area contributed by atoms with Crippen LogP contribution in [0.25, 0.3) is 0 Å². The van der Waals surface area contributed by atoms with Gasteiger partial charge in [-0.05, 0) is 19.3 Å². The van der Waals surface area contributed by atoms with Crippen molar-refractivity contribution in [3.63, 3.8) is 0 Å². The number of rotatable bonds is 3. The van der Waals surface area contributed by atoms with Crippen LogP contribution in [0.5, 0.6) is 0 Å². The summed E-state index contributed by atoms with van der Waals surface area (Å²) in [6.45, 7) is 2.77. The van der Waals surface area contributed by atoms with E-state index in [9.17, 15) is 8.78 Å². The van der Waals surface area contributed by atoms with Crippen molar-refractivity contribution in [2.75, 3.05) is 6.61 Å². The molecule has 4 heteroatoms. The van der Waals surface area contributed by atoms with Gasteiger partial charge in [0, 0.05) is 18.4 Å². The van der Waals surface area contributed by atoms with Crippen molar-refractivity contribution in [1.82, 2.24) is 0 Å². The average Bonchev–Trinajstić information content (AvgIpc) is 2.05. The van der Waals surface area contributed by atoms with E-state index < -0.39 is 15.2 Å². The van der Waals surface area contributed by atoms with Gasteiger partial charge in [0.1, 0.15) is 0 Å². The van der Waals surface area contributed by atoms with Crippen LogP contribution in [0, 0.1) is 0 Å². The Labute approximate surface area is 73.7 Å². The Morgan fingerprint density at radius 1 is 1.50 bits per heavy atom. The van der Waals surface area contributed by atoms with Gasteiger partial charge in [0.2, 0.25) is 6.43 Å². The monoisotopic (exact) mass is 194 g/mol. The van der Waals surface area contributed by atoms with Gasteiger partial charge < -0.3 is 4.74 Å². The zero-order valence-electron chi connectivity index (χ0n) is 7.43. The van der Waals surface area contributed by atoms with Crippen molar-refractivity contribution < 1.29 is 13.5 Å². The van der Waals surface area contributed by atoms with Crippen LogP contribution >= 0.6 is 0 Å². The Bertz CT molecular complexity index is 126. The summed E-state index contributed by atoms with van der Waals surface area (Å²) in [7, 11) is -1.31. The van der Waals surface area contributed by atoms with Crippen molar-refractivity contribution >= 4 is 8.80 Å². The van der Waals surface area contributed by atoms with Gasteiger partial charge in [-0.25, -0.2) is 8.78 Å². The minimum Gasteiger partial charge on any atom is -0.382 e. The molecule has 1 aliphatic heterocycles. The minimum atomic E-state index is -2.13. The van der Waals surface area contributed by atoms with Gasteiger partial charge in [-0.3, -0.25) is 0 Å². The molecule has 1 aliphatic rings. The highest BCUT2D eigenvalue weighted by molar-refractivity contribution is 6.58. The molecule has 0 N–H and O–H groups in total. The highest BCUT2D eigenvalue weighted by Crippen LogP contribution is 2.19. The van der Waals surface area contributed by atoms with Crippen molar-refractivity contribution in [1.29, 1.82) is 0 Å². The third-order valence-electron chi connectivity index (χ3n) is 2.40. The van der Waals surface area contributed by atoms with E-state index >= 15 is 0 Å². The number of alkyl halides is 2. The molecule has 0 radical (unpaired) electrons. The fraction of sp³-hybridized carbons (Fsp3) is 1.00. The maximum absolute atomic E-state index is 12.0. The Kier molecular flexibility index (Phi) is 4.15. The molecule has 0 aromatic carbocycles. The van der Waals surface area contributed by atoms with Gasteiger partial charge in [0.25, 0.3) is 0 Å². The molecule has 0 saturated carbocycles. The molecular weight excluding hydrogens is 178 g/mol. The molecule has 0 bridgehead atoms. The molecule has 2 unspecified atom stereocenters. The first-order valence-electron chi connectivity index (χ1n) is 4.60. The predicted octanol–water partition coefficient (Wildman–Crippen LogP) is 2.22. The molecule has 0 aromatic heterocycles. The van der Waals surface area contributed by atoms with Crippen molar-refractivity contribution in [2.45, 2.75) is 44.0 Å². The maximum Gasteiger partial charge on any atom is 0.236 e. The lowest BCUT2D eigenvalue weighted by Gasteiger charge is -2.26. The second-order valence-electron chi connectivity index (χ2n) is 3.51. The van der Waals surface area contributed by atoms with E-state index in [1.54, 1.807) is 0 Å². The van der Waals surface area contributed by atoms with E-state index in [-0.39, 0.29) is 11.8 Å². The first kappa shape index (κ1) is 10.1. The van der Waals surface area contributed by atoms with Crippen LogP contribution in [0.3, 0.4) is 0 Å². The van der Waals surface area contributed by atoms with E-state index in [1.165, 1.54) is 0 Å². The van der Waals surface area contributed by atoms with Crippen LogP contribution in [0.2, 0.25) is 12.6 Å². The Hall–Kier alpha value is 0.0369. The van der Waals surface area contributed by atoms with Crippen LogP contribution in [0.1, 0.15) is 19.3 Å². The largest absolute Gasteiger partial charge is 0.382 e. The predicted molar refractivity (Wildman–Crippen MR) is 47.4 cm³/mol. The zero-order chi connectivity index (χ0) is 8.97. The Balaban J connectivity index is 2.24. The van der Waals surface area contributed by atoms with Gasteiger partial charge in [0.05, 0.1) is 8.80 Å². The summed E-state index contributed by atoms with van der Waals surface area (Å²) in [5.41, 5.74) is 0.216. The van der Waals surface area contributed by atoms with Gasteiger partial charge in [-0.1, -0.05) is 6.55 Å². The molecule has 2 atom stereocenters. The summed E-state index contributed by atoms with van der Waals surface area (Å²) in [5.74, 6) is 0. The number of halogens is 2. The number of hydrogen-bond donors (Lipinski definition) is 0. The lowest BCUT2D eigenvalue weighted by molar-refractivity contribution is 0.0604. The van der Waals surface area contributed by atoms with Crippen molar-refractivity contribution in [2.24, 2.45) is 0 Å². The van der Waals surface area contributed by atoms with Gasteiger partial charge >= 0.3 is 0 Å². The molecule has 1 heterocycles. The van der Waals surface area contributed by atoms with Crippen LogP contribution in [0.4, 0.5) is 8.78 Å². The number of ether oxygens (including phenoxy) is 1. The molecule has 0 aromatic rings. The number of hydrogen-bond acceptors (Lipinski definition) is 1. The summed E-state index contributed by atoms with van der Waals surface area (Å²) in [6.07, 6.45) is 1.15. The van der Waals surface area contributed by atoms with Crippen LogP contribution < -0.4 is 0 Å². The quantitative estimate of drug-likeness (QED) is 0.626. The highest BCUT2D eigenvalue weighted by atomic mass is 28.3. The van der Waals surface area contributed by atoms with Crippen LogP contribution in [-0.2, 0) is 4.74 Å². The molecule has 72 valence electrons. The van der Waals surface area contributed by atoms with Crippen LogP contribution in [0.15, 0.2) is 0 Å². The summed E-state index contributed by atoms with van der Waals surface area (Å²) in [5, 5.41) is 0. The van der Waals surface area contributed by atoms with Gasteiger partial charge in [0.15, 0.2) is 0 Å². The van der Waals surface area contributed by atoms with E-state index in [0.29, 0.717) is 0 Å². The van der Waals surface area contributed by atoms with Crippen molar-refractivity contribution in [3.8, 4) is 0 Å². The van der Waals surface area contributed by atoms with Gasteiger partial charge in [-0.15, -0.1) is 0 Å². The summed E-state index contributed by atoms with van der Waals surface area (Å²) in [6, 6.07) is 0.116. The third kappa shape index (κ3) is 3.19. The molecular formula is C8H16F2OSi. The SMILES string of the molecule is C[SiH](CC(F)F)C1CCCCO1. The highest BCUT2D eigenvalue weighted by Gasteiger charge is 2.24.